The van der Waals surface area contributed by atoms with Crippen LogP contribution in [-0.2, 0) is 0 Å². The van der Waals surface area contributed by atoms with Gasteiger partial charge in [0.05, 0.1) is 0 Å². The lowest BCUT2D eigenvalue weighted by atomic mass is 10.1. The van der Waals surface area contributed by atoms with Gasteiger partial charge in [0.15, 0.2) is 6.17 Å². The molecule has 0 aromatic heterocycles. The van der Waals surface area contributed by atoms with Crippen molar-refractivity contribution >= 4 is 0 Å². The van der Waals surface area contributed by atoms with Crippen LogP contribution in [0.3, 0.4) is 0 Å². The van der Waals surface area contributed by atoms with Gasteiger partial charge < -0.3 is 0 Å². The van der Waals surface area contributed by atoms with E-state index in [2.05, 4.69) is 6.92 Å². The maximum absolute atomic E-state index is 12.3. The molecule has 0 rings (SSSR count). The first kappa shape index (κ1) is 12.8. The van der Waals surface area contributed by atoms with Crippen molar-refractivity contribution in [2.45, 2.75) is 58.0 Å². The summed E-state index contributed by atoms with van der Waals surface area (Å²) in [7, 11) is 0. The lowest BCUT2D eigenvalue weighted by Gasteiger charge is -2.04. The summed E-state index contributed by atoms with van der Waals surface area (Å²) in [5, 5.41) is 0. The normalized spacial score (nSPS) is 13.6. The number of rotatable bonds is 8. The zero-order valence-corrected chi connectivity index (χ0v) is 8.16. The summed E-state index contributed by atoms with van der Waals surface area (Å²) in [5.74, 6) is 0. The molecular weight excluding hydrogens is 177 g/mol. The molecule has 0 bridgehead atoms. The molecule has 0 heterocycles. The standard InChI is InChI=1S/C10H18F3/c1-2-3-4-5-6-7-8-9(11)10(12)13/h9H,2-8H2,1H3. The quantitative estimate of drug-likeness (QED) is 0.500. The number of hydrogen-bond acceptors (Lipinski definition) is 0. The van der Waals surface area contributed by atoms with Crippen molar-refractivity contribution in [2.75, 3.05) is 0 Å². The van der Waals surface area contributed by atoms with Crippen LogP contribution >= 0.6 is 0 Å². The molecule has 0 aromatic carbocycles. The summed E-state index contributed by atoms with van der Waals surface area (Å²) in [4.78, 5) is 0. The van der Waals surface area contributed by atoms with E-state index in [1.54, 1.807) is 0 Å². The highest BCUT2D eigenvalue weighted by Crippen LogP contribution is 2.19. The molecule has 1 unspecified atom stereocenters. The Hall–Kier alpha value is -0.210. The largest absolute Gasteiger partial charge is 0.343 e. The van der Waals surface area contributed by atoms with Gasteiger partial charge in [-0.15, -0.1) is 0 Å². The SMILES string of the molecule is CCCCCCCCC(F)[C](F)F. The first-order valence-corrected chi connectivity index (χ1v) is 5.00. The van der Waals surface area contributed by atoms with Crippen molar-refractivity contribution in [3.05, 3.63) is 6.43 Å². The predicted octanol–water partition coefficient (Wildman–Crippen LogP) is 4.50. The highest BCUT2D eigenvalue weighted by atomic mass is 19.3. The summed E-state index contributed by atoms with van der Waals surface area (Å²) in [6.45, 7) is 2.12. The fourth-order valence-corrected chi connectivity index (χ4v) is 1.21. The molecule has 0 amide bonds. The number of hydrogen-bond donors (Lipinski definition) is 0. The van der Waals surface area contributed by atoms with Crippen LogP contribution < -0.4 is 0 Å². The third-order valence-corrected chi connectivity index (χ3v) is 2.05. The summed E-state index contributed by atoms with van der Waals surface area (Å²) in [6, 6.07) is 0. The third kappa shape index (κ3) is 8.13. The Morgan fingerprint density at radius 1 is 1.00 bits per heavy atom. The minimum absolute atomic E-state index is 0.0194. The van der Waals surface area contributed by atoms with Crippen LogP contribution in [0, 0.1) is 6.43 Å². The Bertz CT molecular complexity index is 104. The molecule has 1 radical (unpaired) electrons. The van der Waals surface area contributed by atoms with Gasteiger partial charge in [-0.05, 0) is 6.42 Å². The van der Waals surface area contributed by atoms with Crippen LogP contribution in [0.15, 0.2) is 0 Å². The molecule has 0 nitrogen and oxygen atoms in total. The van der Waals surface area contributed by atoms with Crippen LogP contribution in [0.5, 0.6) is 0 Å². The lowest BCUT2D eigenvalue weighted by Crippen LogP contribution is -2.03. The van der Waals surface area contributed by atoms with Gasteiger partial charge in [-0.1, -0.05) is 45.4 Å². The second-order valence-corrected chi connectivity index (χ2v) is 3.31. The van der Waals surface area contributed by atoms with Gasteiger partial charge in [0.25, 0.3) is 0 Å². The van der Waals surface area contributed by atoms with Crippen molar-refractivity contribution in [1.29, 1.82) is 0 Å². The molecule has 13 heavy (non-hydrogen) atoms. The Labute approximate surface area is 78.5 Å². The first-order chi connectivity index (χ1) is 6.18. The molecule has 0 fully saturated rings. The fourth-order valence-electron chi connectivity index (χ4n) is 1.21. The van der Waals surface area contributed by atoms with Crippen molar-refractivity contribution in [2.24, 2.45) is 0 Å². The molecular formula is C10H18F3. The van der Waals surface area contributed by atoms with Crippen LogP contribution in [0.2, 0.25) is 0 Å². The molecule has 0 aliphatic carbocycles. The zero-order valence-electron chi connectivity index (χ0n) is 8.16. The molecule has 0 saturated heterocycles. The molecule has 0 spiro atoms. The highest BCUT2D eigenvalue weighted by molar-refractivity contribution is 4.72. The summed E-state index contributed by atoms with van der Waals surface area (Å²) < 4.78 is 35.5. The van der Waals surface area contributed by atoms with Crippen LogP contribution in [0.25, 0.3) is 0 Å². The van der Waals surface area contributed by atoms with Gasteiger partial charge in [0, 0.05) is 0 Å². The molecule has 0 aliphatic rings. The van der Waals surface area contributed by atoms with E-state index in [1.165, 1.54) is 12.8 Å². The highest BCUT2D eigenvalue weighted by Gasteiger charge is 2.20. The maximum Gasteiger partial charge on any atom is 0.343 e. The fraction of sp³-hybridized carbons (Fsp3) is 0.900. The van der Waals surface area contributed by atoms with Gasteiger partial charge in [-0.25, -0.2) is 4.39 Å². The second kappa shape index (κ2) is 8.39. The Balaban J connectivity index is 3.07. The molecule has 3 heteroatoms. The molecule has 0 saturated carbocycles. The van der Waals surface area contributed by atoms with Crippen molar-refractivity contribution in [3.63, 3.8) is 0 Å². The van der Waals surface area contributed by atoms with Crippen molar-refractivity contribution in [3.8, 4) is 0 Å². The molecule has 0 N–H and O–H groups in total. The third-order valence-electron chi connectivity index (χ3n) is 2.05. The summed E-state index contributed by atoms with van der Waals surface area (Å²) >= 11 is 0. The lowest BCUT2D eigenvalue weighted by molar-refractivity contribution is 0.148. The molecule has 1 atom stereocenters. The van der Waals surface area contributed by atoms with Crippen molar-refractivity contribution < 1.29 is 13.2 Å². The van der Waals surface area contributed by atoms with E-state index in [0.29, 0.717) is 6.42 Å². The van der Waals surface area contributed by atoms with Crippen LogP contribution in [0.1, 0.15) is 51.9 Å². The summed E-state index contributed by atoms with van der Waals surface area (Å²) in [6.07, 6.45) is 1.87. The number of unbranched alkanes of at least 4 members (excludes halogenated alkanes) is 5. The van der Waals surface area contributed by atoms with E-state index in [1.807, 2.05) is 0 Å². The average Bonchev–Trinajstić information content (AvgIpc) is 2.10. The average molecular weight is 195 g/mol. The summed E-state index contributed by atoms with van der Waals surface area (Å²) in [5.41, 5.74) is 0. The second-order valence-electron chi connectivity index (χ2n) is 3.31. The molecule has 79 valence electrons. The first-order valence-electron chi connectivity index (χ1n) is 5.00. The van der Waals surface area contributed by atoms with E-state index in [4.69, 9.17) is 0 Å². The van der Waals surface area contributed by atoms with Crippen LogP contribution in [0.4, 0.5) is 13.2 Å². The Morgan fingerprint density at radius 2 is 1.54 bits per heavy atom. The topological polar surface area (TPSA) is 0 Å². The van der Waals surface area contributed by atoms with E-state index >= 15 is 0 Å². The maximum atomic E-state index is 12.3. The van der Waals surface area contributed by atoms with E-state index in [-0.39, 0.29) is 6.42 Å². The number of alkyl halides is 1. The minimum atomic E-state index is -2.08. The van der Waals surface area contributed by atoms with Gasteiger partial charge in [0.1, 0.15) is 0 Å². The van der Waals surface area contributed by atoms with E-state index in [9.17, 15) is 13.2 Å². The Morgan fingerprint density at radius 3 is 2.08 bits per heavy atom. The predicted molar refractivity (Wildman–Crippen MR) is 48.3 cm³/mol. The van der Waals surface area contributed by atoms with Crippen molar-refractivity contribution in [1.82, 2.24) is 0 Å². The van der Waals surface area contributed by atoms with E-state index < -0.39 is 12.6 Å². The number of halogens is 3. The Kier molecular flexibility index (Phi) is 8.26. The monoisotopic (exact) mass is 195 g/mol. The van der Waals surface area contributed by atoms with Crippen LogP contribution in [-0.4, -0.2) is 6.17 Å². The molecule has 0 aliphatic heterocycles. The van der Waals surface area contributed by atoms with Gasteiger partial charge >= 0.3 is 6.43 Å². The van der Waals surface area contributed by atoms with Gasteiger partial charge in [-0.3, -0.25) is 0 Å². The van der Waals surface area contributed by atoms with Gasteiger partial charge in [-0.2, -0.15) is 8.78 Å². The van der Waals surface area contributed by atoms with Gasteiger partial charge in [0.2, 0.25) is 0 Å². The minimum Gasteiger partial charge on any atom is -0.241 e. The molecule has 0 aromatic rings. The smallest absolute Gasteiger partial charge is 0.241 e. The van der Waals surface area contributed by atoms with E-state index in [0.717, 1.165) is 19.3 Å². The zero-order chi connectivity index (χ0) is 10.1.